The van der Waals surface area contributed by atoms with E-state index in [9.17, 15) is 5.11 Å². The summed E-state index contributed by atoms with van der Waals surface area (Å²) in [6, 6.07) is 6.53. The number of aliphatic hydroxyl groups is 1. The van der Waals surface area contributed by atoms with Crippen molar-refractivity contribution in [2.45, 2.75) is 38.2 Å². The third kappa shape index (κ3) is 1.87. The summed E-state index contributed by atoms with van der Waals surface area (Å²) in [7, 11) is 2.14. The van der Waals surface area contributed by atoms with Gasteiger partial charge in [0.2, 0.25) is 0 Å². The van der Waals surface area contributed by atoms with E-state index >= 15 is 0 Å². The van der Waals surface area contributed by atoms with E-state index in [0.717, 1.165) is 30.9 Å². The van der Waals surface area contributed by atoms with E-state index in [0.29, 0.717) is 12.5 Å². The van der Waals surface area contributed by atoms with Gasteiger partial charge >= 0.3 is 0 Å². The van der Waals surface area contributed by atoms with Crippen LogP contribution >= 0.6 is 0 Å². The maximum Gasteiger partial charge on any atom is 0.0861 e. The molecule has 0 amide bonds. The van der Waals surface area contributed by atoms with E-state index in [4.69, 9.17) is 5.73 Å². The highest BCUT2D eigenvalue weighted by molar-refractivity contribution is 5.58. The molecular formula is C18H26N2O. The van der Waals surface area contributed by atoms with Crippen molar-refractivity contribution in [2.75, 3.05) is 25.0 Å². The molecule has 1 aliphatic heterocycles. The fourth-order valence-corrected chi connectivity index (χ4v) is 5.27. The largest absolute Gasteiger partial charge is 0.388 e. The normalized spacial score (nSPS) is 35.3. The Labute approximate surface area is 127 Å². The van der Waals surface area contributed by atoms with Crippen molar-refractivity contribution in [3.05, 3.63) is 29.3 Å². The van der Waals surface area contributed by atoms with Gasteiger partial charge in [0.15, 0.2) is 0 Å². The van der Waals surface area contributed by atoms with E-state index in [1.807, 2.05) is 0 Å². The molecule has 0 saturated heterocycles. The highest BCUT2D eigenvalue weighted by Crippen LogP contribution is 2.60. The van der Waals surface area contributed by atoms with Gasteiger partial charge in [-0.15, -0.1) is 0 Å². The van der Waals surface area contributed by atoms with Crippen LogP contribution in [0.25, 0.3) is 0 Å². The molecule has 1 aromatic rings. The smallest absolute Gasteiger partial charge is 0.0861 e. The van der Waals surface area contributed by atoms with Gasteiger partial charge in [-0.2, -0.15) is 0 Å². The quantitative estimate of drug-likeness (QED) is 0.897. The first kappa shape index (κ1) is 13.6. The lowest BCUT2D eigenvalue weighted by molar-refractivity contribution is -0.0130. The Morgan fingerprint density at radius 3 is 2.95 bits per heavy atom. The Bertz CT molecular complexity index is 558. The van der Waals surface area contributed by atoms with Crippen molar-refractivity contribution in [1.29, 1.82) is 0 Å². The molecule has 0 spiro atoms. The summed E-state index contributed by atoms with van der Waals surface area (Å²) in [6.45, 7) is 1.70. The zero-order valence-corrected chi connectivity index (χ0v) is 12.9. The maximum absolute atomic E-state index is 11.1. The Kier molecular flexibility index (Phi) is 3.05. The van der Waals surface area contributed by atoms with Gasteiger partial charge < -0.3 is 15.7 Å². The number of likely N-dealkylation sites (N-methyl/N-ethyl adjacent to an activating group) is 1. The van der Waals surface area contributed by atoms with Gasteiger partial charge in [0.1, 0.15) is 0 Å². The fraction of sp³-hybridized carbons (Fsp3) is 0.667. The molecular weight excluding hydrogens is 260 g/mol. The molecule has 3 N–H and O–H groups in total. The first-order chi connectivity index (χ1) is 10.1. The molecule has 1 heterocycles. The van der Waals surface area contributed by atoms with E-state index in [-0.39, 0.29) is 5.41 Å². The highest BCUT2D eigenvalue weighted by atomic mass is 16.3. The molecule has 3 nitrogen and oxygen atoms in total. The van der Waals surface area contributed by atoms with Crippen LogP contribution < -0.4 is 10.6 Å². The molecule has 4 rings (SSSR count). The minimum atomic E-state index is -0.394. The van der Waals surface area contributed by atoms with Crippen molar-refractivity contribution in [3.8, 4) is 0 Å². The summed E-state index contributed by atoms with van der Waals surface area (Å²) in [5.74, 6) is 1.42. The number of nitrogens with two attached hydrogens (primary N) is 1. The van der Waals surface area contributed by atoms with Gasteiger partial charge in [-0.05, 0) is 54.7 Å². The number of nitrogens with zero attached hydrogens (tertiary/aromatic N) is 1. The first-order valence-electron chi connectivity index (χ1n) is 8.36. The summed E-state index contributed by atoms with van der Waals surface area (Å²) >= 11 is 0. The van der Waals surface area contributed by atoms with E-state index < -0.39 is 6.10 Å². The van der Waals surface area contributed by atoms with E-state index in [1.54, 1.807) is 0 Å². The van der Waals surface area contributed by atoms with Gasteiger partial charge in [0, 0.05) is 31.2 Å². The molecule has 4 atom stereocenters. The summed E-state index contributed by atoms with van der Waals surface area (Å²) in [5.41, 5.74) is 9.88. The van der Waals surface area contributed by atoms with Crippen molar-refractivity contribution < 1.29 is 5.11 Å². The molecule has 2 fully saturated rings. The molecule has 3 aliphatic rings. The summed E-state index contributed by atoms with van der Waals surface area (Å²) in [4.78, 5) is 2.29. The summed E-state index contributed by atoms with van der Waals surface area (Å²) in [5, 5.41) is 11.1. The first-order valence-corrected chi connectivity index (χ1v) is 8.36. The second kappa shape index (κ2) is 4.72. The Morgan fingerprint density at radius 1 is 1.43 bits per heavy atom. The minimum absolute atomic E-state index is 0.0678. The average Bonchev–Trinajstić information content (AvgIpc) is 3.21. The number of anilines is 1. The van der Waals surface area contributed by atoms with Gasteiger partial charge in [0.25, 0.3) is 0 Å². The predicted molar refractivity (Wildman–Crippen MR) is 85.3 cm³/mol. The summed E-state index contributed by atoms with van der Waals surface area (Å²) < 4.78 is 0. The lowest BCUT2D eigenvalue weighted by Crippen LogP contribution is -2.41. The Balaban J connectivity index is 1.67. The lowest BCUT2D eigenvalue weighted by atomic mass is 9.67. The van der Waals surface area contributed by atoms with Crippen LogP contribution in [0.5, 0.6) is 0 Å². The zero-order chi connectivity index (χ0) is 14.6. The number of rotatable bonds is 3. The molecule has 4 unspecified atom stereocenters. The van der Waals surface area contributed by atoms with Crippen LogP contribution in [0.4, 0.5) is 5.69 Å². The third-order valence-electron chi connectivity index (χ3n) is 6.49. The van der Waals surface area contributed by atoms with Crippen LogP contribution in [-0.2, 0) is 6.42 Å². The monoisotopic (exact) mass is 286 g/mol. The number of hydrogen-bond acceptors (Lipinski definition) is 3. The van der Waals surface area contributed by atoms with Crippen LogP contribution in [-0.4, -0.2) is 25.2 Å². The number of hydrogen-bond donors (Lipinski definition) is 2. The van der Waals surface area contributed by atoms with Crippen molar-refractivity contribution in [2.24, 2.45) is 23.0 Å². The number of fused-ring (bicyclic) bond motifs is 3. The number of benzene rings is 1. The SMILES string of the molecule is CN1CCc2cc(C(O)C3(CN)CC4CCC3C4)ccc21. The number of aliphatic hydroxyl groups excluding tert-OH is 1. The molecule has 0 radical (unpaired) electrons. The third-order valence-corrected chi connectivity index (χ3v) is 6.49. The Hall–Kier alpha value is -1.06. The highest BCUT2D eigenvalue weighted by Gasteiger charge is 2.54. The molecule has 21 heavy (non-hydrogen) atoms. The second-order valence-corrected chi connectivity index (χ2v) is 7.48. The predicted octanol–water partition coefficient (Wildman–Crippen LogP) is 2.48. The van der Waals surface area contributed by atoms with Gasteiger partial charge in [0.05, 0.1) is 6.10 Å². The van der Waals surface area contributed by atoms with E-state index in [2.05, 4.69) is 30.1 Å². The van der Waals surface area contributed by atoms with Gasteiger partial charge in [-0.25, -0.2) is 0 Å². The van der Waals surface area contributed by atoms with Crippen LogP contribution in [0.3, 0.4) is 0 Å². The molecule has 1 aromatic carbocycles. The minimum Gasteiger partial charge on any atom is -0.388 e. The lowest BCUT2D eigenvalue weighted by Gasteiger charge is -2.41. The van der Waals surface area contributed by atoms with E-state index in [1.165, 1.54) is 30.5 Å². The molecule has 0 aromatic heterocycles. The van der Waals surface area contributed by atoms with Crippen LogP contribution in [0, 0.1) is 17.3 Å². The standard InChI is InChI=1S/C18H26N2O/c1-20-7-6-13-9-14(3-5-16(13)20)17(21)18(11-19)10-12-2-4-15(18)8-12/h3,5,9,12,15,17,21H,2,4,6-8,10-11,19H2,1H3. The van der Waals surface area contributed by atoms with Gasteiger partial charge in [-0.3, -0.25) is 0 Å². The Morgan fingerprint density at radius 2 is 2.29 bits per heavy atom. The molecule has 2 bridgehead atoms. The zero-order valence-electron chi connectivity index (χ0n) is 12.9. The van der Waals surface area contributed by atoms with Crippen molar-refractivity contribution in [1.82, 2.24) is 0 Å². The van der Waals surface area contributed by atoms with Crippen LogP contribution in [0.1, 0.15) is 42.9 Å². The van der Waals surface area contributed by atoms with Gasteiger partial charge in [-0.1, -0.05) is 18.6 Å². The molecule has 2 saturated carbocycles. The second-order valence-electron chi connectivity index (χ2n) is 7.48. The summed E-state index contributed by atoms with van der Waals surface area (Å²) in [6.07, 6.45) is 5.69. The van der Waals surface area contributed by atoms with Crippen LogP contribution in [0.15, 0.2) is 18.2 Å². The molecule has 114 valence electrons. The molecule has 3 heteroatoms. The topological polar surface area (TPSA) is 49.5 Å². The van der Waals surface area contributed by atoms with Crippen LogP contribution in [0.2, 0.25) is 0 Å². The fourth-order valence-electron chi connectivity index (χ4n) is 5.27. The van der Waals surface area contributed by atoms with Crippen molar-refractivity contribution in [3.63, 3.8) is 0 Å². The average molecular weight is 286 g/mol. The molecule has 2 aliphatic carbocycles. The maximum atomic E-state index is 11.1. The van der Waals surface area contributed by atoms with Crippen molar-refractivity contribution >= 4 is 5.69 Å².